The Balaban J connectivity index is 0.00000210. The third-order valence-corrected chi connectivity index (χ3v) is 6.32. The first-order valence-corrected chi connectivity index (χ1v) is 10.8. The summed E-state index contributed by atoms with van der Waals surface area (Å²) < 4.78 is 0. The van der Waals surface area contributed by atoms with Gasteiger partial charge >= 0.3 is 0 Å². The van der Waals surface area contributed by atoms with Crippen LogP contribution in [-0.4, -0.2) is 98.0 Å². The maximum absolute atomic E-state index is 12.3. The molecule has 0 spiro atoms. The highest BCUT2D eigenvalue weighted by molar-refractivity contribution is 5.85. The number of carbonyl (C=O) groups is 2. The summed E-state index contributed by atoms with van der Waals surface area (Å²) in [4.78, 5) is 31.2. The molecule has 3 rings (SSSR count). The summed E-state index contributed by atoms with van der Waals surface area (Å²) in [5.74, 6) is 1.27. The standard InChI is InChI=1S/C20H37N5O2.2ClH/c1-17-2-4-18(5-3-17)22-19(26)16-24-14-12-23(13-15-24)9-6-20(27)25-10-7-21-8-11-25;;/h17-18,21H,2-16H2,1H3,(H,22,26);2*1H. The SMILES string of the molecule is CC1CCC(NC(=O)CN2CCN(CCC(=O)N3CCNCC3)CC2)CC1.Cl.Cl. The van der Waals surface area contributed by atoms with Crippen molar-refractivity contribution in [3.63, 3.8) is 0 Å². The van der Waals surface area contributed by atoms with Gasteiger partial charge in [0.25, 0.3) is 0 Å². The van der Waals surface area contributed by atoms with E-state index in [0.29, 0.717) is 19.0 Å². The molecule has 3 aliphatic rings. The van der Waals surface area contributed by atoms with Gasteiger partial charge in [-0.15, -0.1) is 24.8 Å². The van der Waals surface area contributed by atoms with E-state index >= 15 is 0 Å². The summed E-state index contributed by atoms with van der Waals surface area (Å²) in [7, 11) is 0. The second-order valence-corrected chi connectivity index (χ2v) is 8.52. The minimum atomic E-state index is 0. The van der Waals surface area contributed by atoms with Crippen molar-refractivity contribution in [2.45, 2.75) is 45.1 Å². The fraction of sp³-hybridized carbons (Fsp3) is 0.900. The molecule has 1 saturated carbocycles. The Hall–Kier alpha value is -0.600. The minimum absolute atomic E-state index is 0. The van der Waals surface area contributed by atoms with Gasteiger partial charge in [0.2, 0.25) is 11.8 Å². The molecule has 0 aromatic rings. The Morgan fingerprint density at radius 3 is 2.10 bits per heavy atom. The predicted octanol–water partition coefficient (Wildman–Crippen LogP) is 0.964. The van der Waals surface area contributed by atoms with E-state index in [2.05, 4.69) is 27.4 Å². The lowest BCUT2D eigenvalue weighted by Gasteiger charge is -2.35. The second kappa shape index (κ2) is 13.7. The lowest BCUT2D eigenvalue weighted by atomic mass is 9.87. The van der Waals surface area contributed by atoms with E-state index in [1.165, 1.54) is 12.8 Å². The number of nitrogens with zero attached hydrogens (tertiary/aromatic N) is 3. The van der Waals surface area contributed by atoms with Crippen molar-refractivity contribution < 1.29 is 9.59 Å². The van der Waals surface area contributed by atoms with Crippen LogP contribution in [0.3, 0.4) is 0 Å². The number of hydrogen-bond acceptors (Lipinski definition) is 5. The van der Waals surface area contributed by atoms with Crippen LogP contribution in [0.5, 0.6) is 0 Å². The molecule has 9 heteroatoms. The van der Waals surface area contributed by atoms with Gasteiger partial charge in [0, 0.05) is 71.4 Å². The van der Waals surface area contributed by atoms with E-state index in [9.17, 15) is 9.59 Å². The zero-order chi connectivity index (χ0) is 19.1. The molecule has 2 N–H and O–H groups in total. The van der Waals surface area contributed by atoms with Gasteiger partial charge in [-0.2, -0.15) is 0 Å². The van der Waals surface area contributed by atoms with Gasteiger partial charge in [-0.05, 0) is 31.6 Å². The summed E-state index contributed by atoms with van der Waals surface area (Å²) in [6, 6.07) is 0.381. The zero-order valence-corrected chi connectivity index (χ0v) is 19.4. The summed E-state index contributed by atoms with van der Waals surface area (Å²) in [6.07, 6.45) is 5.33. The van der Waals surface area contributed by atoms with Gasteiger partial charge in [0.1, 0.15) is 0 Å². The fourth-order valence-corrected chi connectivity index (χ4v) is 4.38. The first kappa shape index (κ1) is 26.4. The molecule has 0 aromatic heterocycles. The van der Waals surface area contributed by atoms with E-state index in [1.54, 1.807) is 0 Å². The molecule has 0 radical (unpaired) electrons. The number of nitrogens with one attached hydrogen (secondary N) is 2. The lowest BCUT2D eigenvalue weighted by Crippen LogP contribution is -2.51. The maximum atomic E-state index is 12.3. The molecule has 1 aliphatic carbocycles. The molecule has 0 aromatic carbocycles. The van der Waals surface area contributed by atoms with Crippen molar-refractivity contribution >= 4 is 36.6 Å². The van der Waals surface area contributed by atoms with E-state index in [4.69, 9.17) is 0 Å². The number of rotatable bonds is 6. The van der Waals surface area contributed by atoms with Crippen LogP contribution in [0.15, 0.2) is 0 Å². The molecule has 170 valence electrons. The Morgan fingerprint density at radius 1 is 0.897 bits per heavy atom. The van der Waals surface area contributed by atoms with Gasteiger partial charge in [0.05, 0.1) is 6.54 Å². The van der Waals surface area contributed by atoms with E-state index in [-0.39, 0.29) is 36.6 Å². The van der Waals surface area contributed by atoms with Crippen LogP contribution >= 0.6 is 24.8 Å². The number of amides is 2. The maximum Gasteiger partial charge on any atom is 0.234 e. The quantitative estimate of drug-likeness (QED) is 0.629. The molecular formula is C20H39Cl2N5O2. The third kappa shape index (κ3) is 8.97. The largest absolute Gasteiger partial charge is 0.352 e. The molecule has 0 atom stereocenters. The Labute approximate surface area is 188 Å². The molecule has 3 fully saturated rings. The van der Waals surface area contributed by atoms with Crippen molar-refractivity contribution in [2.24, 2.45) is 5.92 Å². The summed E-state index contributed by atoms with van der Waals surface area (Å²) in [5.41, 5.74) is 0. The fourth-order valence-electron chi connectivity index (χ4n) is 4.38. The van der Waals surface area contributed by atoms with Crippen LogP contribution in [0.4, 0.5) is 0 Å². The number of halogens is 2. The van der Waals surface area contributed by atoms with E-state index in [0.717, 1.165) is 77.7 Å². The van der Waals surface area contributed by atoms with Crippen molar-refractivity contribution in [3.8, 4) is 0 Å². The van der Waals surface area contributed by atoms with Gasteiger partial charge in [-0.25, -0.2) is 0 Å². The molecular weight excluding hydrogens is 413 g/mol. The summed E-state index contributed by atoms with van der Waals surface area (Å²) >= 11 is 0. The normalized spacial score (nSPS) is 26.2. The van der Waals surface area contributed by atoms with Gasteiger partial charge in [-0.1, -0.05) is 6.92 Å². The molecule has 7 nitrogen and oxygen atoms in total. The summed E-state index contributed by atoms with van der Waals surface area (Å²) in [6.45, 7) is 10.9. The molecule has 2 heterocycles. The molecule has 2 amide bonds. The van der Waals surface area contributed by atoms with Crippen LogP contribution in [-0.2, 0) is 9.59 Å². The van der Waals surface area contributed by atoms with Gasteiger partial charge < -0.3 is 20.4 Å². The highest BCUT2D eigenvalue weighted by atomic mass is 35.5. The number of carbonyl (C=O) groups excluding carboxylic acids is 2. The van der Waals surface area contributed by atoms with Gasteiger partial charge in [0.15, 0.2) is 0 Å². The average Bonchev–Trinajstić information content (AvgIpc) is 2.69. The average molecular weight is 452 g/mol. The van der Waals surface area contributed by atoms with E-state index < -0.39 is 0 Å². The molecule has 29 heavy (non-hydrogen) atoms. The Bertz CT molecular complexity index is 489. The number of hydrogen-bond donors (Lipinski definition) is 2. The number of piperazine rings is 2. The Morgan fingerprint density at radius 2 is 1.48 bits per heavy atom. The van der Waals surface area contributed by atoms with E-state index in [1.807, 2.05) is 4.90 Å². The molecule has 2 saturated heterocycles. The first-order chi connectivity index (χ1) is 13.1. The zero-order valence-electron chi connectivity index (χ0n) is 17.7. The first-order valence-electron chi connectivity index (χ1n) is 10.8. The molecule has 0 unspecified atom stereocenters. The van der Waals surface area contributed by atoms with Crippen LogP contribution in [0.1, 0.15) is 39.0 Å². The van der Waals surface area contributed by atoms with Crippen LogP contribution < -0.4 is 10.6 Å². The highest BCUT2D eigenvalue weighted by Gasteiger charge is 2.23. The van der Waals surface area contributed by atoms with Crippen molar-refractivity contribution in [1.82, 2.24) is 25.3 Å². The monoisotopic (exact) mass is 451 g/mol. The summed E-state index contributed by atoms with van der Waals surface area (Å²) in [5, 5.41) is 6.51. The third-order valence-electron chi connectivity index (χ3n) is 6.32. The highest BCUT2D eigenvalue weighted by Crippen LogP contribution is 2.23. The second-order valence-electron chi connectivity index (χ2n) is 8.52. The molecule has 2 aliphatic heterocycles. The Kier molecular flexibility index (Phi) is 12.4. The smallest absolute Gasteiger partial charge is 0.234 e. The minimum Gasteiger partial charge on any atom is -0.352 e. The van der Waals surface area contributed by atoms with Gasteiger partial charge in [-0.3, -0.25) is 14.5 Å². The van der Waals surface area contributed by atoms with Crippen LogP contribution in [0.25, 0.3) is 0 Å². The van der Waals surface area contributed by atoms with Crippen molar-refractivity contribution in [2.75, 3.05) is 65.4 Å². The topological polar surface area (TPSA) is 67.9 Å². The van der Waals surface area contributed by atoms with Crippen LogP contribution in [0, 0.1) is 5.92 Å². The molecule has 0 bridgehead atoms. The van der Waals surface area contributed by atoms with Crippen molar-refractivity contribution in [1.29, 1.82) is 0 Å². The lowest BCUT2D eigenvalue weighted by molar-refractivity contribution is -0.132. The predicted molar refractivity (Wildman–Crippen MR) is 121 cm³/mol. The van der Waals surface area contributed by atoms with Crippen molar-refractivity contribution in [3.05, 3.63) is 0 Å². The van der Waals surface area contributed by atoms with Crippen LogP contribution in [0.2, 0.25) is 0 Å².